The first kappa shape index (κ1) is 34.0. The van der Waals surface area contributed by atoms with Crippen LogP contribution in [0, 0.1) is 17.9 Å². The number of morpholine rings is 1. The number of ether oxygens (including phenoxy) is 4. The summed E-state index contributed by atoms with van der Waals surface area (Å²) >= 11 is 0. The molecule has 6 aromatic rings. The van der Waals surface area contributed by atoms with E-state index in [0.29, 0.717) is 30.3 Å². The van der Waals surface area contributed by atoms with Crippen molar-refractivity contribution in [2.75, 3.05) is 45.4 Å². The minimum Gasteiger partial charge on any atom is -0.493 e. The molecule has 1 fully saturated rings. The summed E-state index contributed by atoms with van der Waals surface area (Å²) in [5.74, 6) is 2.02. The number of aromatic nitrogens is 3. The molecule has 0 amide bonds. The van der Waals surface area contributed by atoms with E-state index in [-0.39, 0.29) is 23.0 Å². The van der Waals surface area contributed by atoms with Crippen molar-refractivity contribution in [2.45, 2.75) is 24.9 Å². The number of rotatable bonds is 6. The molecule has 2 aliphatic heterocycles. The number of hydrogen-bond donors (Lipinski definition) is 0. The van der Waals surface area contributed by atoms with Gasteiger partial charge in [0.1, 0.15) is 5.75 Å². The number of benzene rings is 5. The number of fused-ring (bicyclic) bond motifs is 8. The lowest BCUT2D eigenvalue weighted by Gasteiger charge is -2.39. The molecule has 10 heteroatoms. The fraction of sp³-hybridized carbons (Fsp3) is 0.222. The fourth-order valence-electron chi connectivity index (χ4n) is 8.46. The molecule has 0 bridgehead atoms. The van der Waals surface area contributed by atoms with Crippen molar-refractivity contribution in [1.29, 1.82) is 5.26 Å². The Hall–Kier alpha value is -6.75. The first-order chi connectivity index (χ1) is 26.8. The van der Waals surface area contributed by atoms with Gasteiger partial charge in [-0.3, -0.25) is 0 Å². The van der Waals surface area contributed by atoms with Crippen LogP contribution in [0.3, 0.4) is 0 Å². The highest BCUT2D eigenvalue weighted by Gasteiger charge is 2.44. The highest BCUT2D eigenvalue weighted by molar-refractivity contribution is 6.09. The quantitative estimate of drug-likeness (QED) is 0.156. The molecule has 9 rings (SSSR count). The number of nitriles is 1. The normalized spacial score (nSPS) is 17.7. The highest BCUT2D eigenvalue weighted by atomic mass is 16.5. The van der Waals surface area contributed by atoms with E-state index in [0.717, 1.165) is 52.0 Å². The van der Waals surface area contributed by atoms with Crippen molar-refractivity contribution < 1.29 is 18.9 Å². The van der Waals surface area contributed by atoms with Gasteiger partial charge in [0.05, 0.1) is 27.4 Å². The molecule has 1 atom stereocenters. The summed E-state index contributed by atoms with van der Waals surface area (Å²) in [6.45, 7) is 15.0. The van der Waals surface area contributed by atoms with Crippen molar-refractivity contribution in [3.63, 3.8) is 0 Å². The Labute approximate surface area is 319 Å². The second kappa shape index (κ2) is 13.0. The van der Waals surface area contributed by atoms with Gasteiger partial charge in [-0.05, 0) is 70.1 Å². The monoisotopic (exact) mass is 724 g/mol. The minimum atomic E-state index is -1.06. The van der Waals surface area contributed by atoms with Crippen molar-refractivity contribution in [3.8, 4) is 45.8 Å². The number of nitrogens with zero attached hydrogens (tertiary/aromatic N) is 6. The first-order valence-electron chi connectivity index (χ1n) is 18.1. The second-order valence-electron chi connectivity index (χ2n) is 14.3. The van der Waals surface area contributed by atoms with Crippen molar-refractivity contribution in [2.24, 2.45) is 0 Å². The van der Waals surface area contributed by atoms with Crippen LogP contribution in [0.25, 0.3) is 44.2 Å². The maximum atomic E-state index is 9.51. The van der Waals surface area contributed by atoms with Gasteiger partial charge in [-0.15, -0.1) is 16.5 Å². The van der Waals surface area contributed by atoms with Crippen molar-refractivity contribution in [3.05, 3.63) is 136 Å². The molecule has 3 heterocycles. The summed E-state index contributed by atoms with van der Waals surface area (Å²) in [5, 5.41) is 11.4. The van der Waals surface area contributed by atoms with E-state index in [4.69, 9.17) is 25.5 Å². The molecule has 1 aliphatic carbocycles. The molecule has 0 spiro atoms. The van der Waals surface area contributed by atoms with Gasteiger partial charge in [-0.25, -0.2) is 0 Å². The predicted octanol–water partition coefficient (Wildman–Crippen LogP) is 8.62. The zero-order valence-electron chi connectivity index (χ0n) is 30.9. The molecule has 1 saturated heterocycles. The van der Waals surface area contributed by atoms with Gasteiger partial charge in [-0.2, -0.15) is 10.2 Å². The van der Waals surface area contributed by atoms with Gasteiger partial charge >= 0.3 is 5.95 Å². The maximum absolute atomic E-state index is 9.51. The first-order valence-corrected chi connectivity index (χ1v) is 18.1. The molecule has 1 unspecified atom stereocenters. The summed E-state index contributed by atoms with van der Waals surface area (Å²) in [6.07, 6.45) is 4.38. The molecule has 1 aromatic heterocycles. The van der Waals surface area contributed by atoms with Gasteiger partial charge in [0.25, 0.3) is 5.82 Å². The maximum Gasteiger partial charge on any atom is 0.376 e. The van der Waals surface area contributed by atoms with Crippen LogP contribution in [-0.2, 0) is 15.8 Å². The second-order valence-corrected chi connectivity index (χ2v) is 14.3. The predicted molar refractivity (Wildman–Crippen MR) is 211 cm³/mol. The SMILES string of the molecule is [C-]#[N+]c1nc(C#N)nc(-c2ccc(C3(c4ccc(N5CCOCC5)cc4)C=Cc4c5c(c6cc(OC)c(OC)cc6c4O3)-c3ccccc3C5(C)C)cc2)n1. The van der Waals surface area contributed by atoms with Crippen LogP contribution in [0.15, 0.2) is 91.0 Å². The van der Waals surface area contributed by atoms with Gasteiger partial charge in [0.15, 0.2) is 23.2 Å². The number of anilines is 1. The van der Waals surface area contributed by atoms with E-state index < -0.39 is 5.60 Å². The Morgan fingerprint density at radius 3 is 2.20 bits per heavy atom. The molecule has 270 valence electrons. The largest absolute Gasteiger partial charge is 0.493 e. The van der Waals surface area contributed by atoms with E-state index in [2.05, 4.69) is 105 Å². The Bertz CT molecular complexity index is 2600. The van der Waals surface area contributed by atoms with E-state index in [1.807, 2.05) is 36.4 Å². The molecule has 10 nitrogen and oxygen atoms in total. The summed E-state index contributed by atoms with van der Waals surface area (Å²) < 4.78 is 24.9. The van der Waals surface area contributed by atoms with E-state index in [9.17, 15) is 5.26 Å². The highest BCUT2D eigenvalue weighted by Crippen LogP contribution is 2.59. The summed E-state index contributed by atoms with van der Waals surface area (Å²) in [4.78, 5) is 18.2. The van der Waals surface area contributed by atoms with Crippen LogP contribution in [-0.4, -0.2) is 55.5 Å². The third-order valence-electron chi connectivity index (χ3n) is 11.1. The average Bonchev–Trinajstić information content (AvgIpc) is 3.49. The number of hydrogen-bond acceptors (Lipinski definition) is 9. The minimum absolute atomic E-state index is 0.108. The molecule has 0 saturated carbocycles. The lowest BCUT2D eigenvalue weighted by molar-refractivity contribution is 0.122. The Morgan fingerprint density at radius 1 is 0.855 bits per heavy atom. The molecular formula is C45H36N6O4. The third-order valence-corrected chi connectivity index (χ3v) is 11.1. The summed E-state index contributed by atoms with van der Waals surface area (Å²) in [6, 6.07) is 31.0. The van der Waals surface area contributed by atoms with Crippen LogP contribution < -0.4 is 19.1 Å². The topological polar surface area (TPSA) is 107 Å². The lowest BCUT2D eigenvalue weighted by Crippen LogP contribution is -2.37. The van der Waals surface area contributed by atoms with E-state index >= 15 is 0 Å². The number of methoxy groups -OCH3 is 2. The van der Waals surface area contributed by atoms with Gasteiger partial charge in [0.2, 0.25) is 5.82 Å². The molecule has 0 radical (unpaired) electrons. The molecule has 55 heavy (non-hydrogen) atoms. The van der Waals surface area contributed by atoms with E-state index in [1.165, 1.54) is 22.3 Å². The summed E-state index contributed by atoms with van der Waals surface area (Å²) in [5.41, 5.74) is 8.05. The Balaban J connectivity index is 1.27. The van der Waals surface area contributed by atoms with Gasteiger partial charge in [-0.1, -0.05) is 68.5 Å². The van der Waals surface area contributed by atoms with Gasteiger partial charge < -0.3 is 28.7 Å². The van der Waals surface area contributed by atoms with Crippen molar-refractivity contribution >= 4 is 28.5 Å². The van der Waals surface area contributed by atoms with Gasteiger partial charge in [0, 0.05) is 51.8 Å². The third kappa shape index (κ3) is 5.29. The lowest BCUT2D eigenvalue weighted by atomic mass is 9.76. The zero-order chi connectivity index (χ0) is 37.9. The Kier molecular flexibility index (Phi) is 8.03. The zero-order valence-corrected chi connectivity index (χ0v) is 30.9. The summed E-state index contributed by atoms with van der Waals surface area (Å²) in [7, 11) is 3.31. The average molecular weight is 725 g/mol. The van der Waals surface area contributed by atoms with Crippen LogP contribution in [0.5, 0.6) is 17.2 Å². The molecule has 0 N–H and O–H groups in total. The van der Waals surface area contributed by atoms with Crippen molar-refractivity contribution in [1.82, 2.24) is 15.0 Å². The van der Waals surface area contributed by atoms with Crippen LogP contribution in [0.2, 0.25) is 0 Å². The molecule has 5 aromatic carbocycles. The fourth-order valence-corrected chi connectivity index (χ4v) is 8.46. The van der Waals surface area contributed by atoms with Crippen LogP contribution in [0.4, 0.5) is 11.6 Å². The smallest absolute Gasteiger partial charge is 0.376 e. The standard InChI is InChI=1S/C45H36N6O4/c1-44(2)35-9-7-6-8-31(35)39-33-24-36(52-4)37(53-5)25-34(33)41-32(40(39)44)18-19-45(55-41,29-14-16-30(17-15-29)51-20-22-54-23-21-51)28-12-10-27(11-13-28)42-48-38(26-46)49-43(47-3)50-42/h6-19,24-25H,20-23H2,1-2,4-5H3. The molecular weight excluding hydrogens is 689 g/mol. The van der Waals surface area contributed by atoms with E-state index in [1.54, 1.807) is 14.2 Å². The van der Waals surface area contributed by atoms with Crippen LogP contribution in [0.1, 0.15) is 47.5 Å². The Morgan fingerprint density at radius 2 is 1.53 bits per heavy atom. The molecule has 3 aliphatic rings. The van der Waals surface area contributed by atoms with Crippen LogP contribution >= 0.6 is 0 Å².